The Morgan fingerprint density at radius 1 is 1.37 bits per heavy atom. The number of nitrogens with zero attached hydrogens (tertiary/aromatic N) is 2. The van der Waals surface area contributed by atoms with Crippen molar-refractivity contribution >= 4 is 5.82 Å². The number of anilines is 1. The Morgan fingerprint density at radius 2 is 2.05 bits per heavy atom. The van der Waals surface area contributed by atoms with Gasteiger partial charge in [0.25, 0.3) is 0 Å². The number of rotatable bonds is 4. The molecule has 4 nitrogen and oxygen atoms in total. The second kappa shape index (κ2) is 5.87. The molecule has 1 aromatic heterocycles. The van der Waals surface area contributed by atoms with Crippen LogP contribution in [0.3, 0.4) is 0 Å². The monoisotopic (exact) mass is 263 g/mol. The summed E-state index contributed by atoms with van der Waals surface area (Å²) in [6.45, 7) is 7.26. The van der Waals surface area contributed by atoms with Crippen molar-refractivity contribution in [2.75, 3.05) is 19.0 Å². The van der Waals surface area contributed by atoms with Crippen molar-refractivity contribution in [3.63, 3.8) is 0 Å². The van der Waals surface area contributed by atoms with Crippen molar-refractivity contribution in [3.8, 4) is 0 Å². The number of nitrogens with one attached hydrogen (secondary N) is 1. The molecule has 0 saturated heterocycles. The van der Waals surface area contributed by atoms with E-state index >= 15 is 0 Å². The van der Waals surface area contributed by atoms with Gasteiger partial charge in [-0.1, -0.05) is 6.92 Å². The highest BCUT2D eigenvalue weighted by molar-refractivity contribution is 5.36. The molecule has 0 atom stereocenters. The first-order valence-corrected chi connectivity index (χ1v) is 7.25. The zero-order valence-electron chi connectivity index (χ0n) is 12.5. The Morgan fingerprint density at radius 3 is 2.63 bits per heavy atom. The normalized spacial score (nSPS) is 27.3. The molecule has 2 rings (SSSR count). The minimum atomic E-state index is -0.289. The summed E-state index contributed by atoms with van der Waals surface area (Å²) in [6, 6.07) is 1.99. The van der Waals surface area contributed by atoms with Gasteiger partial charge in [-0.3, -0.25) is 0 Å². The third-order valence-electron chi connectivity index (χ3n) is 4.09. The van der Waals surface area contributed by atoms with Gasteiger partial charge >= 0.3 is 0 Å². The summed E-state index contributed by atoms with van der Waals surface area (Å²) in [4.78, 5) is 9.30. The lowest BCUT2D eigenvalue weighted by atomic mass is 9.79. The largest absolute Gasteiger partial charge is 0.370 e. The fourth-order valence-corrected chi connectivity index (χ4v) is 2.79. The Labute approximate surface area is 116 Å². The molecule has 1 aromatic rings. The molecule has 0 unspecified atom stereocenters. The van der Waals surface area contributed by atoms with Crippen LogP contribution in [0.1, 0.15) is 51.0 Å². The minimum absolute atomic E-state index is 0.289. The average Bonchev–Trinajstić information content (AvgIpc) is 2.40. The third kappa shape index (κ3) is 3.06. The summed E-state index contributed by atoms with van der Waals surface area (Å²) in [5.41, 5.74) is 0.707. The molecule has 0 aliphatic heterocycles. The number of aromatic nitrogens is 2. The van der Waals surface area contributed by atoms with Crippen molar-refractivity contribution in [2.24, 2.45) is 5.92 Å². The first-order chi connectivity index (χ1) is 9.09. The van der Waals surface area contributed by atoms with Gasteiger partial charge < -0.3 is 10.1 Å². The highest BCUT2D eigenvalue weighted by Gasteiger charge is 2.38. The quantitative estimate of drug-likeness (QED) is 0.905. The summed E-state index contributed by atoms with van der Waals surface area (Å²) in [7, 11) is 1.79. The van der Waals surface area contributed by atoms with Crippen LogP contribution in [-0.2, 0) is 10.3 Å². The van der Waals surface area contributed by atoms with E-state index in [0.717, 1.165) is 42.6 Å². The van der Waals surface area contributed by atoms with Crippen LogP contribution in [0.2, 0.25) is 0 Å². The van der Waals surface area contributed by atoms with Gasteiger partial charge in [0, 0.05) is 25.4 Å². The molecule has 0 spiro atoms. The smallest absolute Gasteiger partial charge is 0.162 e. The second-order valence-electron chi connectivity index (χ2n) is 5.63. The zero-order chi connectivity index (χ0) is 13.9. The lowest BCUT2D eigenvalue weighted by molar-refractivity contribution is -0.0597. The van der Waals surface area contributed by atoms with Crippen molar-refractivity contribution in [1.29, 1.82) is 0 Å². The van der Waals surface area contributed by atoms with E-state index < -0.39 is 0 Å². The lowest BCUT2D eigenvalue weighted by Crippen LogP contribution is -2.35. The predicted octanol–water partition coefficient (Wildman–Crippen LogP) is 3.27. The minimum Gasteiger partial charge on any atom is -0.370 e. The SMILES string of the molecule is CCNc1cc(C)nc(C2(OC)CCC(C)CC2)n1. The van der Waals surface area contributed by atoms with E-state index in [-0.39, 0.29) is 5.60 Å². The molecule has 106 valence electrons. The molecule has 1 heterocycles. The maximum absolute atomic E-state index is 5.85. The molecule has 1 fully saturated rings. The van der Waals surface area contributed by atoms with Gasteiger partial charge in [0.05, 0.1) is 0 Å². The highest BCUT2D eigenvalue weighted by Crippen LogP contribution is 2.40. The third-order valence-corrected chi connectivity index (χ3v) is 4.09. The lowest BCUT2D eigenvalue weighted by Gasteiger charge is -2.37. The van der Waals surface area contributed by atoms with E-state index in [4.69, 9.17) is 4.74 Å². The molecule has 0 amide bonds. The fraction of sp³-hybridized carbons (Fsp3) is 0.733. The number of ether oxygens (including phenoxy) is 1. The van der Waals surface area contributed by atoms with Crippen molar-refractivity contribution < 1.29 is 4.74 Å². The first-order valence-electron chi connectivity index (χ1n) is 7.25. The van der Waals surface area contributed by atoms with Crippen LogP contribution in [0.4, 0.5) is 5.82 Å². The van der Waals surface area contributed by atoms with Gasteiger partial charge in [-0.15, -0.1) is 0 Å². The van der Waals surface area contributed by atoms with Gasteiger partial charge in [0.15, 0.2) is 5.82 Å². The molecule has 1 aliphatic rings. The fourth-order valence-electron chi connectivity index (χ4n) is 2.79. The molecule has 0 aromatic carbocycles. The van der Waals surface area contributed by atoms with Gasteiger partial charge in [-0.25, -0.2) is 9.97 Å². The Balaban J connectivity index is 2.32. The Hall–Kier alpha value is -1.16. The highest BCUT2D eigenvalue weighted by atomic mass is 16.5. The number of hydrogen-bond donors (Lipinski definition) is 1. The summed E-state index contributed by atoms with van der Waals surface area (Å²) in [6.07, 6.45) is 4.39. The molecule has 4 heteroatoms. The van der Waals surface area contributed by atoms with Crippen LogP contribution in [0.15, 0.2) is 6.07 Å². The average molecular weight is 263 g/mol. The molecule has 0 radical (unpaired) electrons. The van der Waals surface area contributed by atoms with Crippen molar-refractivity contribution in [1.82, 2.24) is 9.97 Å². The number of methoxy groups -OCH3 is 1. The van der Waals surface area contributed by atoms with Gasteiger partial charge in [-0.2, -0.15) is 0 Å². The number of aryl methyl sites for hydroxylation is 1. The van der Waals surface area contributed by atoms with Crippen molar-refractivity contribution in [3.05, 3.63) is 17.6 Å². The van der Waals surface area contributed by atoms with Crippen LogP contribution in [0, 0.1) is 12.8 Å². The standard InChI is InChI=1S/C15H25N3O/c1-5-16-13-10-12(3)17-14(18-13)15(19-4)8-6-11(2)7-9-15/h10-11H,5-9H2,1-4H3,(H,16,17,18). The van der Waals surface area contributed by atoms with Crippen LogP contribution in [0.5, 0.6) is 0 Å². The molecule has 19 heavy (non-hydrogen) atoms. The van der Waals surface area contributed by atoms with Gasteiger partial charge in [0.2, 0.25) is 0 Å². The molecule has 1 saturated carbocycles. The predicted molar refractivity (Wildman–Crippen MR) is 77.3 cm³/mol. The van der Waals surface area contributed by atoms with E-state index in [9.17, 15) is 0 Å². The topological polar surface area (TPSA) is 47.0 Å². The van der Waals surface area contributed by atoms with Crippen LogP contribution in [-0.4, -0.2) is 23.6 Å². The van der Waals surface area contributed by atoms with Crippen LogP contribution >= 0.6 is 0 Å². The maximum Gasteiger partial charge on any atom is 0.162 e. The van der Waals surface area contributed by atoms with Gasteiger partial charge in [-0.05, 0) is 45.4 Å². The zero-order valence-corrected chi connectivity index (χ0v) is 12.5. The molecule has 1 N–H and O–H groups in total. The first kappa shape index (κ1) is 14.3. The summed E-state index contributed by atoms with van der Waals surface area (Å²) in [5, 5.41) is 3.27. The second-order valence-corrected chi connectivity index (χ2v) is 5.63. The summed E-state index contributed by atoms with van der Waals surface area (Å²) < 4.78 is 5.85. The summed E-state index contributed by atoms with van der Waals surface area (Å²) in [5.74, 6) is 2.53. The van der Waals surface area contributed by atoms with E-state index in [1.165, 1.54) is 12.8 Å². The summed E-state index contributed by atoms with van der Waals surface area (Å²) >= 11 is 0. The number of hydrogen-bond acceptors (Lipinski definition) is 4. The molecule has 0 bridgehead atoms. The van der Waals surface area contributed by atoms with Crippen LogP contribution < -0.4 is 5.32 Å². The molecule has 1 aliphatic carbocycles. The van der Waals surface area contributed by atoms with Crippen molar-refractivity contribution in [2.45, 2.75) is 52.1 Å². The van der Waals surface area contributed by atoms with E-state index in [2.05, 4.69) is 29.1 Å². The Kier molecular flexibility index (Phi) is 4.40. The molecular formula is C15H25N3O. The maximum atomic E-state index is 5.85. The van der Waals surface area contributed by atoms with Gasteiger partial charge in [0.1, 0.15) is 11.4 Å². The Bertz CT molecular complexity index is 425. The van der Waals surface area contributed by atoms with E-state index in [1.54, 1.807) is 7.11 Å². The molecular weight excluding hydrogens is 238 g/mol. The van der Waals surface area contributed by atoms with E-state index in [1.807, 2.05) is 13.0 Å². The van der Waals surface area contributed by atoms with Crippen LogP contribution in [0.25, 0.3) is 0 Å². The van der Waals surface area contributed by atoms with E-state index in [0.29, 0.717) is 0 Å².